The number of aromatic nitrogens is 4. The van der Waals surface area contributed by atoms with Crippen LogP contribution in [0.1, 0.15) is 11.4 Å². The second kappa shape index (κ2) is 7.85. The van der Waals surface area contributed by atoms with Crippen molar-refractivity contribution in [1.82, 2.24) is 19.6 Å². The van der Waals surface area contributed by atoms with Crippen molar-refractivity contribution in [2.24, 2.45) is 0 Å². The highest BCUT2D eigenvalue weighted by atomic mass is 79.9. The fourth-order valence-electron chi connectivity index (χ4n) is 3.08. The molecule has 142 valence electrons. The highest BCUT2D eigenvalue weighted by Crippen LogP contribution is 2.29. The van der Waals surface area contributed by atoms with Gasteiger partial charge < -0.3 is 0 Å². The molecule has 0 spiro atoms. The van der Waals surface area contributed by atoms with Gasteiger partial charge in [-0.1, -0.05) is 67.7 Å². The molecule has 0 amide bonds. The molecule has 0 atom stereocenters. The molecule has 0 N–H and O–H groups in total. The van der Waals surface area contributed by atoms with E-state index in [1.807, 2.05) is 47.5 Å². The molecule has 0 radical (unpaired) electrons. The number of nitrogens with zero attached hydrogens (tertiary/aromatic N) is 4. The van der Waals surface area contributed by atoms with Gasteiger partial charge in [-0.15, -0.1) is 0 Å². The molecule has 0 aliphatic carbocycles. The maximum atomic E-state index is 6.33. The van der Waals surface area contributed by atoms with Gasteiger partial charge in [0.05, 0.1) is 27.8 Å². The zero-order valence-electron chi connectivity index (χ0n) is 15.3. The summed E-state index contributed by atoms with van der Waals surface area (Å²) in [6.45, 7) is 4.37. The smallest absolute Gasteiger partial charge is 0.134 e. The van der Waals surface area contributed by atoms with E-state index in [1.165, 1.54) is 0 Å². The van der Waals surface area contributed by atoms with Crippen LogP contribution in [0.5, 0.6) is 0 Å². The van der Waals surface area contributed by atoms with Gasteiger partial charge in [0.25, 0.3) is 0 Å². The van der Waals surface area contributed by atoms with Gasteiger partial charge in [-0.2, -0.15) is 10.2 Å². The summed E-state index contributed by atoms with van der Waals surface area (Å²) in [7, 11) is 0. The van der Waals surface area contributed by atoms with E-state index in [2.05, 4.69) is 67.3 Å². The van der Waals surface area contributed by atoms with Gasteiger partial charge in [0.15, 0.2) is 0 Å². The first kappa shape index (κ1) is 19.4. The van der Waals surface area contributed by atoms with E-state index in [4.69, 9.17) is 16.7 Å². The lowest BCUT2D eigenvalue weighted by atomic mass is 10.1. The van der Waals surface area contributed by atoms with E-state index >= 15 is 0 Å². The van der Waals surface area contributed by atoms with Gasteiger partial charge in [0.1, 0.15) is 6.67 Å². The minimum atomic E-state index is 0.487. The Morgan fingerprint density at radius 2 is 1.39 bits per heavy atom. The largest absolute Gasteiger partial charge is 0.246 e. The minimum absolute atomic E-state index is 0.487. The highest BCUT2D eigenvalue weighted by molar-refractivity contribution is 9.10. The molecule has 4 rings (SSSR count). The van der Waals surface area contributed by atoms with Gasteiger partial charge in [0, 0.05) is 14.5 Å². The molecule has 2 aromatic heterocycles. The van der Waals surface area contributed by atoms with E-state index in [0.717, 1.165) is 42.8 Å². The van der Waals surface area contributed by atoms with Crippen LogP contribution in [-0.4, -0.2) is 19.6 Å². The monoisotopic (exact) mass is 518 g/mol. The van der Waals surface area contributed by atoms with Crippen molar-refractivity contribution in [2.75, 3.05) is 0 Å². The second-order valence-electron chi connectivity index (χ2n) is 6.55. The molecule has 0 aliphatic heterocycles. The molecule has 7 heteroatoms. The normalized spacial score (nSPS) is 11.2. The molecule has 2 aromatic carbocycles. The zero-order chi connectivity index (χ0) is 19.8. The van der Waals surface area contributed by atoms with Crippen molar-refractivity contribution in [2.45, 2.75) is 20.5 Å². The molecular weight excluding hydrogens is 504 g/mol. The number of halogens is 3. The molecule has 0 saturated carbocycles. The van der Waals surface area contributed by atoms with Crippen molar-refractivity contribution < 1.29 is 0 Å². The average Bonchev–Trinajstić information content (AvgIpc) is 3.20. The summed E-state index contributed by atoms with van der Waals surface area (Å²) in [6.07, 6.45) is 0. The first-order valence-corrected chi connectivity index (χ1v) is 10.7. The molecule has 4 aromatic rings. The molecule has 28 heavy (non-hydrogen) atoms. The van der Waals surface area contributed by atoms with Crippen LogP contribution < -0.4 is 0 Å². The number of hydrogen-bond donors (Lipinski definition) is 0. The predicted molar refractivity (Wildman–Crippen MR) is 121 cm³/mol. The Morgan fingerprint density at radius 1 is 0.821 bits per heavy atom. The van der Waals surface area contributed by atoms with Crippen LogP contribution >= 0.6 is 43.5 Å². The third kappa shape index (κ3) is 3.81. The molecule has 4 nitrogen and oxygen atoms in total. The first-order valence-electron chi connectivity index (χ1n) is 8.71. The van der Waals surface area contributed by atoms with Gasteiger partial charge in [-0.3, -0.25) is 0 Å². The van der Waals surface area contributed by atoms with Gasteiger partial charge >= 0.3 is 0 Å². The summed E-state index contributed by atoms with van der Waals surface area (Å²) < 4.78 is 5.94. The number of benzene rings is 2. The molecule has 0 unspecified atom stereocenters. The van der Waals surface area contributed by atoms with Crippen LogP contribution in [-0.2, 0) is 6.67 Å². The van der Waals surface area contributed by atoms with E-state index < -0.39 is 0 Å². The van der Waals surface area contributed by atoms with Crippen molar-refractivity contribution in [3.8, 4) is 22.5 Å². The quantitative estimate of drug-likeness (QED) is 0.300. The van der Waals surface area contributed by atoms with Crippen molar-refractivity contribution in [3.05, 3.63) is 80.0 Å². The Kier molecular flexibility index (Phi) is 5.45. The first-order chi connectivity index (χ1) is 13.4. The van der Waals surface area contributed by atoms with E-state index in [1.54, 1.807) is 0 Å². The van der Waals surface area contributed by atoms with Crippen LogP contribution in [0, 0.1) is 13.8 Å². The predicted octanol–water partition coefficient (Wildman–Crippen LogP) is 6.71. The van der Waals surface area contributed by atoms with Gasteiger partial charge in [-0.05, 0) is 49.7 Å². The Balaban J connectivity index is 1.81. The van der Waals surface area contributed by atoms with Crippen molar-refractivity contribution in [3.63, 3.8) is 0 Å². The lowest BCUT2D eigenvalue weighted by Gasteiger charge is -2.09. The highest BCUT2D eigenvalue weighted by Gasteiger charge is 2.15. The maximum Gasteiger partial charge on any atom is 0.134 e. The van der Waals surface area contributed by atoms with Crippen LogP contribution in [0.2, 0.25) is 5.02 Å². The second-order valence-corrected chi connectivity index (χ2v) is 8.76. The Morgan fingerprint density at radius 3 is 1.93 bits per heavy atom. The van der Waals surface area contributed by atoms with Crippen molar-refractivity contribution >= 4 is 43.5 Å². The fraction of sp³-hybridized carbons (Fsp3) is 0.143. The lowest BCUT2D eigenvalue weighted by Crippen LogP contribution is -2.13. The standard InChI is InChI=1S/C21H17Br2ClN4/c1-13-21(24)14(2)27(25-13)12-28-20(16-5-9-18(23)10-6-16)11-19(26-28)15-3-7-17(22)8-4-15/h3-11H,12H2,1-2H3. The summed E-state index contributed by atoms with van der Waals surface area (Å²) in [5, 5.41) is 10.1. The average molecular weight is 521 g/mol. The molecule has 2 heterocycles. The third-order valence-electron chi connectivity index (χ3n) is 4.62. The van der Waals surface area contributed by atoms with E-state index in [-0.39, 0.29) is 0 Å². The Labute approximate surface area is 185 Å². The summed E-state index contributed by atoms with van der Waals surface area (Å²) >= 11 is 13.3. The number of aryl methyl sites for hydroxylation is 1. The minimum Gasteiger partial charge on any atom is -0.246 e. The Bertz CT molecular complexity index is 1130. The fourth-order valence-corrected chi connectivity index (χ4v) is 3.74. The molecule has 0 aliphatic rings. The van der Waals surface area contributed by atoms with Gasteiger partial charge in [-0.25, -0.2) is 9.36 Å². The molecule has 0 fully saturated rings. The lowest BCUT2D eigenvalue weighted by molar-refractivity contribution is 0.496. The molecule has 0 saturated heterocycles. The molecular formula is C21H17Br2ClN4. The zero-order valence-corrected chi connectivity index (χ0v) is 19.3. The van der Waals surface area contributed by atoms with Crippen LogP contribution in [0.3, 0.4) is 0 Å². The summed E-state index contributed by atoms with van der Waals surface area (Å²) in [5.41, 5.74) is 5.84. The van der Waals surface area contributed by atoms with E-state index in [9.17, 15) is 0 Å². The van der Waals surface area contributed by atoms with Crippen molar-refractivity contribution in [1.29, 1.82) is 0 Å². The number of hydrogen-bond acceptors (Lipinski definition) is 2. The topological polar surface area (TPSA) is 35.6 Å². The SMILES string of the molecule is Cc1nn(Cn2nc(-c3ccc(Br)cc3)cc2-c2ccc(Br)cc2)c(C)c1Cl. The molecule has 0 bridgehead atoms. The third-order valence-corrected chi connectivity index (χ3v) is 6.23. The van der Waals surface area contributed by atoms with Crippen LogP contribution in [0.15, 0.2) is 63.5 Å². The van der Waals surface area contributed by atoms with E-state index in [0.29, 0.717) is 11.7 Å². The summed E-state index contributed by atoms with van der Waals surface area (Å²) in [6, 6.07) is 18.5. The van der Waals surface area contributed by atoms with Crippen LogP contribution in [0.25, 0.3) is 22.5 Å². The Hall–Kier alpha value is -1.89. The summed E-state index contributed by atoms with van der Waals surface area (Å²) in [4.78, 5) is 0. The summed E-state index contributed by atoms with van der Waals surface area (Å²) in [5.74, 6) is 0. The number of rotatable bonds is 4. The van der Waals surface area contributed by atoms with Crippen LogP contribution in [0.4, 0.5) is 0 Å². The maximum absolute atomic E-state index is 6.33. The van der Waals surface area contributed by atoms with Gasteiger partial charge in [0.2, 0.25) is 0 Å².